The van der Waals surface area contributed by atoms with Crippen LogP contribution in [0.2, 0.25) is 5.02 Å². The quantitative estimate of drug-likeness (QED) is 0.438. The number of benzene rings is 2. The maximum atomic E-state index is 12.5. The minimum Gasteiger partial charge on any atom is -0.383 e. The molecule has 0 aliphatic carbocycles. The largest absolute Gasteiger partial charge is 0.383 e. The first kappa shape index (κ1) is 19.4. The van der Waals surface area contributed by atoms with Crippen LogP contribution in [0.5, 0.6) is 0 Å². The number of anilines is 1. The lowest BCUT2D eigenvalue weighted by Gasteiger charge is -2.12. The van der Waals surface area contributed by atoms with E-state index in [0.717, 1.165) is 6.07 Å². The third-order valence-electron chi connectivity index (χ3n) is 3.42. The molecular formula is C17H16ClN3O5. The van der Waals surface area contributed by atoms with Gasteiger partial charge in [0, 0.05) is 25.8 Å². The number of nitro benzene ring substituents is 1. The van der Waals surface area contributed by atoms with Crippen molar-refractivity contribution >= 4 is 34.8 Å². The van der Waals surface area contributed by atoms with Gasteiger partial charge in [0.05, 0.1) is 33.4 Å². The van der Waals surface area contributed by atoms with Crippen molar-refractivity contribution in [3.63, 3.8) is 0 Å². The highest BCUT2D eigenvalue weighted by atomic mass is 35.5. The summed E-state index contributed by atoms with van der Waals surface area (Å²) in [5.41, 5.74) is 0.189. The number of rotatable bonds is 7. The summed E-state index contributed by atoms with van der Waals surface area (Å²) in [6, 6.07) is 9.96. The van der Waals surface area contributed by atoms with Gasteiger partial charge in [-0.2, -0.15) is 0 Å². The Morgan fingerprint density at radius 3 is 2.58 bits per heavy atom. The molecule has 2 aromatic carbocycles. The van der Waals surface area contributed by atoms with Crippen molar-refractivity contribution < 1.29 is 19.2 Å². The van der Waals surface area contributed by atoms with Crippen molar-refractivity contribution in [2.45, 2.75) is 0 Å². The second-order valence-corrected chi connectivity index (χ2v) is 5.58. The van der Waals surface area contributed by atoms with Crippen LogP contribution in [-0.2, 0) is 4.74 Å². The average Bonchev–Trinajstić information content (AvgIpc) is 2.62. The molecule has 9 heteroatoms. The summed E-state index contributed by atoms with van der Waals surface area (Å²) in [5.74, 6) is -1.04. The van der Waals surface area contributed by atoms with E-state index >= 15 is 0 Å². The van der Waals surface area contributed by atoms with Crippen LogP contribution in [0.3, 0.4) is 0 Å². The van der Waals surface area contributed by atoms with Crippen LogP contribution in [0.25, 0.3) is 0 Å². The number of para-hydroxylation sites is 1. The fourth-order valence-electron chi connectivity index (χ4n) is 2.14. The van der Waals surface area contributed by atoms with Crippen LogP contribution in [0.4, 0.5) is 11.4 Å². The SMILES string of the molecule is COCCNC(=O)c1ccccc1NC(=O)c1cc([N+](=O)[O-])ccc1Cl. The number of carbonyl (C=O) groups excluding carboxylic acids is 2. The van der Waals surface area contributed by atoms with E-state index in [1.807, 2.05) is 0 Å². The van der Waals surface area contributed by atoms with Gasteiger partial charge in [-0.3, -0.25) is 19.7 Å². The lowest BCUT2D eigenvalue weighted by molar-refractivity contribution is -0.384. The molecule has 0 heterocycles. The molecule has 8 nitrogen and oxygen atoms in total. The van der Waals surface area contributed by atoms with Crippen molar-refractivity contribution in [1.82, 2.24) is 5.32 Å². The lowest BCUT2D eigenvalue weighted by Crippen LogP contribution is -2.28. The standard InChI is InChI=1S/C17H16ClN3O5/c1-26-9-8-19-16(22)12-4-2-3-5-15(12)20-17(23)13-10-11(21(24)25)6-7-14(13)18/h2-7,10H,8-9H2,1H3,(H,19,22)(H,20,23). The fourth-order valence-corrected chi connectivity index (χ4v) is 2.35. The molecule has 136 valence electrons. The van der Waals surface area contributed by atoms with Crippen molar-refractivity contribution in [3.05, 3.63) is 68.7 Å². The Labute approximate surface area is 154 Å². The molecule has 0 aliphatic rings. The summed E-state index contributed by atoms with van der Waals surface area (Å²) in [4.78, 5) is 35.0. The number of methoxy groups -OCH3 is 1. The molecule has 0 spiro atoms. The summed E-state index contributed by atoms with van der Waals surface area (Å²) in [6.45, 7) is 0.665. The predicted molar refractivity (Wildman–Crippen MR) is 96.7 cm³/mol. The lowest BCUT2D eigenvalue weighted by atomic mass is 10.1. The molecule has 0 atom stereocenters. The molecule has 2 rings (SSSR count). The summed E-state index contributed by atoms with van der Waals surface area (Å²) >= 11 is 5.97. The smallest absolute Gasteiger partial charge is 0.270 e. The van der Waals surface area contributed by atoms with E-state index < -0.39 is 10.8 Å². The van der Waals surface area contributed by atoms with E-state index in [-0.39, 0.29) is 33.4 Å². The van der Waals surface area contributed by atoms with Crippen LogP contribution in [0.15, 0.2) is 42.5 Å². The summed E-state index contributed by atoms with van der Waals surface area (Å²) in [7, 11) is 1.52. The van der Waals surface area contributed by atoms with Crippen LogP contribution < -0.4 is 10.6 Å². The number of hydrogen-bond acceptors (Lipinski definition) is 5. The van der Waals surface area contributed by atoms with Gasteiger partial charge in [-0.05, 0) is 18.2 Å². The van der Waals surface area contributed by atoms with Gasteiger partial charge in [-0.25, -0.2) is 0 Å². The number of hydrogen-bond donors (Lipinski definition) is 2. The van der Waals surface area contributed by atoms with E-state index in [1.54, 1.807) is 24.3 Å². The summed E-state index contributed by atoms with van der Waals surface area (Å²) in [6.07, 6.45) is 0. The number of amides is 2. The fraction of sp³-hybridized carbons (Fsp3) is 0.176. The van der Waals surface area contributed by atoms with E-state index in [4.69, 9.17) is 16.3 Å². The van der Waals surface area contributed by atoms with Gasteiger partial charge in [0.2, 0.25) is 0 Å². The van der Waals surface area contributed by atoms with Crippen LogP contribution in [0, 0.1) is 10.1 Å². The summed E-state index contributed by atoms with van der Waals surface area (Å²) in [5, 5.41) is 16.2. The highest BCUT2D eigenvalue weighted by molar-refractivity contribution is 6.34. The van der Waals surface area contributed by atoms with Crippen molar-refractivity contribution in [2.24, 2.45) is 0 Å². The van der Waals surface area contributed by atoms with Gasteiger partial charge in [0.1, 0.15) is 0 Å². The predicted octanol–water partition coefficient (Wildman–Crippen LogP) is 2.88. The molecule has 0 aromatic heterocycles. The van der Waals surface area contributed by atoms with Gasteiger partial charge in [0.15, 0.2) is 0 Å². The molecule has 0 bridgehead atoms. The maximum absolute atomic E-state index is 12.5. The Morgan fingerprint density at radius 2 is 1.88 bits per heavy atom. The Balaban J connectivity index is 2.23. The molecule has 0 saturated carbocycles. The van der Waals surface area contributed by atoms with Crippen LogP contribution >= 0.6 is 11.6 Å². The van der Waals surface area contributed by atoms with Crippen LogP contribution in [0.1, 0.15) is 20.7 Å². The number of non-ortho nitro benzene ring substituents is 1. The zero-order chi connectivity index (χ0) is 19.1. The van der Waals surface area contributed by atoms with Crippen LogP contribution in [-0.4, -0.2) is 37.0 Å². The Morgan fingerprint density at radius 1 is 1.15 bits per heavy atom. The molecule has 0 radical (unpaired) electrons. The first-order chi connectivity index (χ1) is 12.4. The topological polar surface area (TPSA) is 111 Å². The Kier molecular flexibility index (Phi) is 6.65. The van der Waals surface area contributed by atoms with Gasteiger partial charge in [-0.1, -0.05) is 23.7 Å². The number of nitro groups is 1. The summed E-state index contributed by atoms with van der Waals surface area (Å²) < 4.78 is 4.87. The van der Waals surface area contributed by atoms with Crippen molar-refractivity contribution in [3.8, 4) is 0 Å². The highest BCUT2D eigenvalue weighted by Gasteiger charge is 2.18. The first-order valence-corrected chi connectivity index (χ1v) is 7.93. The van der Waals surface area contributed by atoms with E-state index in [2.05, 4.69) is 10.6 Å². The highest BCUT2D eigenvalue weighted by Crippen LogP contribution is 2.24. The first-order valence-electron chi connectivity index (χ1n) is 7.55. The number of ether oxygens (including phenoxy) is 1. The average molecular weight is 378 g/mol. The van der Waals surface area contributed by atoms with Crippen molar-refractivity contribution in [1.29, 1.82) is 0 Å². The molecule has 0 unspecified atom stereocenters. The number of nitrogens with one attached hydrogen (secondary N) is 2. The second-order valence-electron chi connectivity index (χ2n) is 5.17. The molecule has 2 N–H and O–H groups in total. The minimum atomic E-state index is -0.657. The third kappa shape index (κ3) is 4.78. The monoisotopic (exact) mass is 377 g/mol. The molecule has 26 heavy (non-hydrogen) atoms. The van der Waals surface area contributed by atoms with Gasteiger partial charge < -0.3 is 15.4 Å². The number of carbonyl (C=O) groups is 2. The van der Waals surface area contributed by atoms with Gasteiger partial charge in [-0.15, -0.1) is 0 Å². The molecule has 2 aromatic rings. The van der Waals surface area contributed by atoms with Gasteiger partial charge >= 0.3 is 0 Å². The molecule has 0 fully saturated rings. The Bertz CT molecular complexity index is 841. The van der Waals surface area contributed by atoms with Gasteiger partial charge in [0.25, 0.3) is 17.5 Å². The number of nitrogens with zero attached hydrogens (tertiary/aromatic N) is 1. The third-order valence-corrected chi connectivity index (χ3v) is 3.75. The zero-order valence-electron chi connectivity index (χ0n) is 13.8. The molecular weight excluding hydrogens is 362 g/mol. The molecule has 0 saturated heterocycles. The van der Waals surface area contributed by atoms with E-state index in [1.165, 1.54) is 19.2 Å². The normalized spacial score (nSPS) is 10.2. The number of halogens is 1. The minimum absolute atomic E-state index is 0.0598. The Hall–Kier alpha value is -2.97. The van der Waals surface area contributed by atoms with E-state index in [0.29, 0.717) is 13.2 Å². The molecule has 2 amide bonds. The van der Waals surface area contributed by atoms with E-state index in [9.17, 15) is 19.7 Å². The second kappa shape index (κ2) is 8.93. The van der Waals surface area contributed by atoms with Crippen molar-refractivity contribution in [2.75, 3.05) is 25.6 Å². The molecule has 0 aliphatic heterocycles. The zero-order valence-corrected chi connectivity index (χ0v) is 14.6. The maximum Gasteiger partial charge on any atom is 0.270 e.